The van der Waals surface area contributed by atoms with Gasteiger partial charge in [-0.05, 0) is 13.8 Å². The van der Waals surface area contributed by atoms with Gasteiger partial charge in [-0.2, -0.15) is 0 Å². The van der Waals surface area contributed by atoms with Gasteiger partial charge in [0.15, 0.2) is 11.6 Å². The number of carbonyl (C=O) groups is 2. The number of Topliss-reactive ketones (excluding diaryl/α,β-unsaturated/α-hetero) is 2. The summed E-state index contributed by atoms with van der Waals surface area (Å²) in [5, 5.41) is 0. The fraction of sp³-hybridized carbons (Fsp3) is 0.263. The third-order valence-electron chi connectivity index (χ3n) is 2.36. The smallest absolute Gasteiger partial charge is 0.159 e. The van der Waals surface area contributed by atoms with E-state index in [0.29, 0.717) is 0 Å². The normalized spacial score (nSPS) is 8.57. The summed E-state index contributed by atoms with van der Waals surface area (Å²) in [7, 11) is 0. The molecule has 0 unspecified atom stereocenters. The molecule has 0 aliphatic rings. The van der Waals surface area contributed by atoms with Gasteiger partial charge in [0.1, 0.15) is 0 Å². The Balaban J connectivity index is 0.000000322. The summed E-state index contributed by atoms with van der Waals surface area (Å²) in [4.78, 5) is 21.3. The van der Waals surface area contributed by atoms with Gasteiger partial charge in [-0.25, -0.2) is 0 Å². The van der Waals surface area contributed by atoms with E-state index >= 15 is 0 Å². The maximum absolute atomic E-state index is 10.6. The second-order valence-electron chi connectivity index (χ2n) is 4.55. The van der Waals surface area contributed by atoms with Crippen molar-refractivity contribution in [2.24, 2.45) is 0 Å². The highest BCUT2D eigenvalue weighted by Crippen LogP contribution is 1.98. The zero-order chi connectivity index (χ0) is 16.1. The van der Waals surface area contributed by atoms with Gasteiger partial charge < -0.3 is 0 Å². The first kappa shape index (κ1) is 18.8. The molecule has 112 valence electrons. The Labute approximate surface area is 127 Å². The van der Waals surface area contributed by atoms with E-state index in [-0.39, 0.29) is 11.6 Å². The molecule has 0 saturated carbocycles. The van der Waals surface area contributed by atoms with Gasteiger partial charge in [0, 0.05) is 11.1 Å². The quantitative estimate of drug-likeness (QED) is 0.711. The van der Waals surface area contributed by atoms with E-state index in [4.69, 9.17) is 0 Å². The molecule has 0 N–H and O–H groups in total. The minimum Gasteiger partial charge on any atom is -0.295 e. The fourth-order valence-corrected chi connectivity index (χ4v) is 1.35. The molecule has 21 heavy (non-hydrogen) atoms. The Hall–Kier alpha value is -2.22. The predicted molar refractivity (Wildman–Crippen MR) is 88.9 cm³/mol. The van der Waals surface area contributed by atoms with Crippen LogP contribution in [0.1, 0.15) is 54.8 Å². The maximum atomic E-state index is 10.6. The first-order valence-electron chi connectivity index (χ1n) is 7.14. The summed E-state index contributed by atoms with van der Waals surface area (Å²) in [6.45, 7) is 7.38. The number of benzene rings is 2. The molecule has 2 aromatic carbocycles. The zero-order valence-electron chi connectivity index (χ0n) is 13.3. The zero-order valence-corrected chi connectivity index (χ0v) is 13.3. The molecule has 0 spiro atoms. The molecule has 2 aromatic rings. The Bertz CT molecular complexity index is 466. The lowest BCUT2D eigenvalue weighted by molar-refractivity contribution is 0.100. The second-order valence-corrected chi connectivity index (χ2v) is 4.55. The van der Waals surface area contributed by atoms with E-state index in [1.165, 1.54) is 6.42 Å². The first-order chi connectivity index (χ1) is 10.0. The summed E-state index contributed by atoms with van der Waals surface area (Å²) in [5.74, 6) is 0.242. The van der Waals surface area contributed by atoms with Crippen LogP contribution in [-0.4, -0.2) is 11.6 Å². The lowest BCUT2D eigenvalue weighted by Crippen LogP contribution is -1.88. The third-order valence-corrected chi connectivity index (χ3v) is 2.36. The van der Waals surface area contributed by atoms with Crippen molar-refractivity contribution >= 4 is 11.6 Å². The van der Waals surface area contributed by atoms with Crippen LogP contribution in [0, 0.1) is 0 Å². The van der Waals surface area contributed by atoms with Crippen LogP contribution in [0.15, 0.2) is 60.7 Å². The molecular formula is C19H24O2. The van der Waals surface area contributed by atoms with Gasteiger partial charge in [-0.15, -0.1) is 0 Å². The van der Waals surface area contributed by atoms with Gasteiger partial charge >= 0.3 is 0 Å². The van der Waals surface area contributed by atoms with E-state index < -0.39 is 0 Å². The summed E-state index contributed by atoms with van der Waals surface area (Å²) in [6, 6.07) is 18.5. The first-order valence-corrected chi connectivity index (χ1v) is 7.14. The molecule has 0 aliphatic carbocycles. The molecule has 0 saturated heterocycles. The van der Waals surface area contributed by atoms with E-state index in [1.807, 2.05) is 60.7 Å². The summed E-state index contributed by atoms with van der Waals surface area (Å²) < 4.78 is 0. The lowest BCUT2D eigenvalue weighted by atomic mass is 10.2. The fourth-order valence-electron chi connectivity index (χ4n) is 1.35. The Morgan fingerprint density at radius 2 is 0.905 bits per heavy atom. The Morgan fingerprint density at radius 3 is 1.05 bits per heavy atom. The van der Waals surface area contributed by atoms with E-state index in [1.54, 1.807) is 13.8 Å². The lowest BCUT2D eigenvalue weighted by Gasteiger charge is -1.89. The molecule has 0 amide bonds. The largest absolute Gasteiger partial charge is 0.295 e. The van der Waals surface area contributed by atoms with Crippen LogP contribution in [0.5, 0.6) is 0 Å². The van der Waals surface area contributed by atoms with Crippen molar-refractivity contribution in [3.8, 4) is 0 Å². The van der Waals surface area contributed by atoms with Crippen LogP contribution >= 0.6 is 0 Å². The third kappa shape index (κ3) is 9.33. The number of hydrogen-bond acceptors (Lipinski definition) is 2. The topological polar surface area (TPSA) is 34.1 Å². The van der Waals surface area contributed by atoms with Crippen LogP contribution in [0.2, 0.25) is 0 Å². The van der Waals surface area contributed by atoms with E-state index in [9.17, 15) is 9.59 Å². The maximum Gasteiger partial charge on any atom is 0.159 e. The highest BCUT2D eigenvalue weighted by Gasteiger charge is 1.93. The van der Waals surface area contributed by atoms with Gasteiger partial charge in [0.2, 0.25) is 0 Å². The SMILES string of the molecule is CC(=O)c1ccccc1.CC(=O)c1ccccc1.CCC. The average Bonchev–Trinajstić information content (AvgIpc) is 2.50. The van der Waals surface area contributed by atoms with Gasteiger partial charge in [-0.3, -0.25) is 9.59 Å². The Morgan fingerprint density at radius 1 is 0.667 bits per heavy atom. The number of ketones is 2. The van der Waals surface area contributed by atoms with Gasteiger partial charge in [0.05, 0.1) is 0 Å². The van der Waals surface area contributed by atoms with Crippen LogP contribution in [-0.2, 0) is 0 Å². The minimum absolute atomic E-state index is 0.121. The van der Waals surface area contributed by atoms with Crippen LogP contribution in [0.4, 0.5) is 0 Å². The molecule has 0 bridgehead atoms. The summed E-state index contributed by atoms with van der Waals surface area (Å²) >= 11 is 0. The molecule has 0 aliphatic heterocycles. The van der Waals surface area contributed by atoms with E-state index in [2.05, 4.69) is 13.8 Å². The van der Waals surface area contributed by atoms with Crippen molar-refractivity contribution in [1.29, 1.82) is 0 Å². The average molecular weight is 284 g/mol. The Kier molecular flexibility index (Phi) is 10.4. The minimum atomic E-state index is 0.121. The second kappa shape index (κ2) is 11.6. The standard InChI is InChI=1S/2C8H8O.C3H8/c2*1-7(9)8-5-3-2-4-6-8;1-3-2/h2*2-6H,1H3;3H2,1-2H3. The number of carbonyl (C=O) groups excluding carboxylic acids is 2. The molecular weight excluding hydrogens is 260 g/mol. The highest BCUT2D eigenvalue weighted by atomic mass is 16.1. The van der Waals surface area contributed by atoms with Crippen molar-refractivity contribution in [2.45, 2.75) is 34.1 Å². The van der Waals surface area contributed by atoms with Crippen molar-refractivity contribution < 1.29 is 9.59 Å². The summed E-state index contributed by atoms with van der Waals surface area (Å²) in [5.41, 5.74) is 1.55. The van der Waals surface area contributed by atoms with Crippen LogP contribution in [0.25, 0.3) is 0 Å². The molecule has 0 radical (unpaired) electrons. The molecule has 0 heterocycles. The van der Waals surface area contributed by atoms with Gasteiger partial charge in [-0.1, -0.05) is 80.9 Å². The van der Waals surface area contributed by atoms with Crippen molar-refractivity contribution in [1.82, 2.24) is 0 Å². The summed E-state index contributed by atoms with van der Waals surface area (Å²) in [6.07, 6.45) is 1.25. The number of hydrogen-bond donors (Lipinski definition) is 0. The molecule has 0 atom stereocenters. The molecule has 0 fully saturated rings. The van der Waals surface area contributed by atoms with Gasteiger partial charge in [0.25, 0.3) is 0 Å². The number of rotatable bonds is 2. The molecule has 2 rings (SSSR count). The van der Waals surface area contributed by atoms with E-state index in [0.717, 1.165) is 11.1 Å². The molecule has 2 heteroatoms. The van der Waals surface area contributed by atoms with Crippen molar-refractivity contribution in [2.75, 3.05) is 0 Å². The van der Waals surface area contributed by atoms with Crippen molar-refractivity contribution in [3.63, 3.8) is 0 Å². The van der Waals surface area contributed by atoms with Crippen LogP contribution in [0.3, 0.4) is 0 Å². The molecule has 0 aromatic heterocycles. The monoisotopic (exact) mass is 284 g/mol. The highest BCUT2D eigenvalue weighted by molar-refractivity contribution is 5.94. The van der Waals surface area contributed by atoms with Crippen molar-refractivity contribution in [3.05, 3.63) is 71.8 Å². The predicted octanol–water partition coefficient (Wildman–Crippen LogP) is 5.19. The van der Waals surface area contributed by atoms with Crippen LogP contribution < -0.4 is 0 Å². The molecule has 2 nitrogen and oxygen atoms in total.